The van der Waals surface area contributed by atoms with Crippen LogP contribution in [-0.2, 0) is 28.6 Å². The van der Waals surface area contributed by atoms with Crippen LogP contribution in [0, 0.1) is 27.1 Å². The van der Waals surface area contributed by atoms with Gasteiger partial charge in [0.15, 0.2) is 11.9 Å². The van der Waals surface area contributed by atoms with Crippen LogP contribution in [0.2, 0.25) is 0 Å². The van der Waals surface area contributed by atoms with Gasteiger partial charge in [-0.05, 0) is 36.8 Å². The predicted octanol–water partition coefficient (Wildman–Crippen LogP) is 5.51. The molecule has 3 aliphatic carbocycles. The van der Waals surface area contributed by atoms with E-state index in [9.17, 15) is 14.4 Å². The fourth-order valence-electron chi connectivity index (χ4n) is 9.27. The number of ketones is 1. The number of carbonyl (C=O) groups excluding carboxylic acids is 3. The van der Waals surface area contributed by atoms with E-state index in [0.29, 0.717) is 6.42 Å². The van der Waals surface area contributed by atoms with E-state index < -0.39 is 54.4 Å². The van der Waals surface area contributed by atoms with E-state index in [1.54, 1.807) is 18.6 Å². The molecule has 5 aliphatic rings. The summed E-state index contributed by atoms with van der Waals surface area (Å²) in [6.45, 7) is 14.2. The minimum atomic E-state index is -0.916. The molecular weight excluding hydrogens is 587 g/mol. The molecule has 200 valence electrons. The van der Waals surface area contributed by atoms with Gasteiger partial charge in [0.25, 0.3) is 0 Å². The molecule has 0 bridgehead atoms. The quantitative estimate of drug-likeness (QED) is 0.186. The normalized spacial score (nSPS) is 51.2. The van der Waals surface area contributed by atoms with E-state index >= 15 is 0 Å². The van der Waals surface area contributed by atoms with Gasteiger partial charge in [-0.25, -0.2) is 4.79 Å². The molecule has 8 heteroatoms. The summed E-state index contributed by atoms with van der Waals surface area (Å²) in [5.74, 6) is -0.683. The van der Waals surface area contributed by atoms with E-state index in [-0.39, 0.29) is 17.7 Å². The summed E-state index contributed by atoms with van der Waals surface area (Å²) in [6, 6.07) is 1.84. The van der Waals surface area contributed by atoms with Crippen molar-refractivity contribution in [3.63, 3.8) is 0 Å². The topological polar surface area (TPSA) is 95.3 Å². The molecular formula is C29H35IO7. The molecule has 0 aromatic carbocycles. The zero-order valence-corrected chi connectivity index (χ0v) is 24.6. The van der Waals surface area contributed by atoms with Gasteiger partial charge < -0.3 is 18.6 Å². The number of hydrogen-bond acceptors (Lipinski definition) is 7. The lowest BCUT2D eigenvalue weighted by Crippen LogP contribution is -2.80. The minimum absolute atomic E-state index is 0.0817. The van der Waals surface area contributed by atoms with Crippen molar-refractivity contribution in [1.82, 2.24) is 0 Å². The number of halogens is 1. The maximum Gasteiger partial charge on any atom is 0.339 e. The number of hydrogen-bond donors (Lipinski definition) is 0. The highest BCUT2D eigenvalue weighted by Crippen LogP contribution is 2.84. The number of alkyl halides is 1. The number of ether oxygens (including phenoxy) is 3. The molecule has 2 saturated heterocycles. The van der Waals surface area contributed by atoms with Gasteiger partial charge in [-0.2, -0.15) is 0 Å². The average Bonchev–Trinajstić information content (AvgIpc) is 3.39. The van der Waals surface area contributed by atoms with Crippen LogP contribution in [-0.4, -0.2) is 39.0 Å². The summed E-state index contributed by atoms with van der Waals surface area (Å²) in [5.41, 5.74) is -3.11. The Labute approximate surface area is 231 Å². The first kappa shape index (κ1) is 25.6. The third-order valence-electron chi connectivity index (χ3n) is 12.0. The molecule has 0 amide bonds. The molecule has 9 atom stereocenters. The van der Waals surface area contributed by atoms with Gasteiger partial charge in [0.2, 0.25) is 0 Å². The lowest BCUT2D eigenvalue weighted by molar-refractivity contribution is -0.253. The van der Waals surface area contributed by atoms with Crippen LogP contribution < -0.4 is 0 Å². The van der Waals surface area contributed by atoms with E-state index in [4.69, 9.17) is 18.6 Å². The number of epoxide rings is 1. The van der Waals surface area contributed by atoms with E-state index in [1.807, 2.05) is 19.9 Å². The van der Waals surface area contributed by atoms with Gasteiger partial charge in [-0.15, -0.1) is 0 Å². The molecule has 1 unspecified atom stereocenters. The fourth-order valence-corrected chi connectivity index (χ4v) is 11.1. The van der Waals surface area contributed by atoms with E-state index in [0.717, 1.165) is 18.4 Å². The Balaban J connectivity index is 1.62. The van der Waals surface area contributed by atoms with Crippen LogP contribution in [0.1, 0.15) is 79.4 Å². The van der Waals surface area contributed by atoms with E-state index in [1.165, 1.54) is 6.92 Å². The SMILES string of the molecule is CC(=O)O[C@@H]1C[C@@]2(C)C(C)(C)C(=O)C=C[C@]2(C)[C@@]2(I)CC[C@@]3(C)[C@H](c4ccoc4)OC(=O)[C@H]4OC43[C@]12C. The van der Waals surface area contributed by atoms with Gasteiger partial charge in [-0.3, -0.25) is 9.59 Å². The molecule has 1 spiro atoms. The fraction of sp³-hybridized carbons (Fsp3) is 0.690. The standard InChI is InChI=1S/C29H35IO7/c1-16(31)35-19-14-26(6)23(2,3)18(32)8-10-25(26,5)28(30)12-11-24(4)20(17-9-13-34-15-17)36-22(33)21-29(24,37-21)27(19,28)7/h8-10,13,15,19-21H,11-12,14H2,1-7H3/t19-,20+,21-,24+,25+,26+,27-,28+,29?/m1/s1. The molecule has 3 heterocycles. The number of allylic oxidation sites excluding steroid dienone is 2. The van der Waals surface area contributed by atoms with Crippen LogP contribution in [0.5, 0.6) is 0 Å². The molecule has 0 N–H and O–H groups in total. The highest BCUT2D eigenvalue weighted by Gasteiger charge is 2.92. The molecule has 7 nitrogen and oxygen atoms in total. The molecule has 1 aromatic rings. The van der Waals surface area contributed by atoms with Crippen molar-refractivity contribution in [3.8, 4) is 0 Å². The third kappa shape index (κ3) is 2.48. The van der Waals surface area contributed by atoms with Gasteiger partial charge in [0.1, 0.15) is 17.8 Å². The summed E-state index contributed by atoms with van der Waals surface area (Å²) in [7, 11) is 0. The zero-order valence-electron chi connectivity index (χ0n) is 22.5. The Morgan fingerprint density at radius 2 is 1.78 bits per heavy atom. The molecule has 1 aromatic heterocycles. The predicted molar refractivity (Wildman–Crippen MR) is 142 cm³/mol. The van der Waals surface area contributed by atoms with Crippen molar-refractivity contribution in [2.24, 2.45) is 27.1 Å². The zero-order chi connectivity index (χ0) is 27.0. The van der Waals surface area contributed by atoms with Crippen molar-refractivity contribution in [2.45, 2.75) is 95.1 Å². The van der Waals surface area contributed by atoms with Gasteiger partial charge in [-0.1, -0.05) is 70.2 Å². The lowest BCUT2D eigenvalue weighted by Gasteiger charge is -2.75. The molecule has 4 fully saturated rings. The van der Waals surface area contributed by atoms with Crippen molar-refractivity contribution in [3.05, 3.63) is 36.3 Å². The highest BCUT2D eigenvalue weighted by atomic mass is 127. The lowest BCUT2D eigenvalue weighted by atomic mass is 9.32. The number of rotatable bonds is 2. The molecule has 2 aliphatic heterocycles. The third-order valence-corrected chi connectivity index (χ3v) is 14.8. The van der Waals surface area contributed by atoms with Gasteiger partial charge in [0, 0.05) is 32.2 Å². The maximum absolute atomic E-state index is 13.4. The Morgan fingerprint density at radius 3 is 2.41 bits per heavy atom. The molecule has 6 rings (SSSR count). The Kier molecular flexibility index (Phi) is 4.90. The van der Waals surface area contributed by atoms with Crippen molar-refractivity contribution in [2.75, 3.05) is 0 Å². The first-order valence-electron chi connectivity index (χ1n) is 13.1. The summed E-state index contributed by atoms with van der Waals surface area (Å²) in [4.78, 5) is 39.3. The summed E-state index contributed by atoms with van der Waals surface area (Å²) < 4.78 is 23.7. The number of cyclic esters (lactones) is 1. The minimum Gasteiger partial charge on any atom is -0.472 e. The van der Waals surface area contributed by atoms with Gasteiger partial charge in [0.05, 0.1) is 17.9 Å². The largest absolute Gasteiger partial charge is 0.472 e. The van der Waals surface area contributed by atoms with Crippen molar-refractivity contribution < 1.29 is 33.0 Å². The van der Waals surface area contributed by atoms with Crippen molar-refractivity contribution >= 4 is 40.3 Å². The Morgan fingerprint density at radius 1 is 1.08 bits per heavy atom. The first-order valence-corrected chi connectivity index (χ1v) is 14.2. The van der Waals surface area contributed by atoms with Gasteiger partial charge >= 0.3 is 11.9 Å². The smallest absolute Gasteiger partial charge is 0.339 e. The number of furan rings is 1. The second-order valence-electron chi connectivity index (χ2n) is 13.2. The molecule has 0 radical (unpaired) electrons. The average molecular weight is 622 g/mol. The summed E-state index contributed by atoms with van der Waals surface area (Å²) in [6.07, 6.45) is 7.18. The molecule has 37 heavy (non-hydrogen) atoms. The second-order valence-corrected chi connectivity index (χ2v) is 15.0. The Hall–Kier alpha value is -1.68. The van der Waals surface area contributed by atoms with Crippen molar-refractivity contribution in [1.29, 1.82) is 0 Å². The van der Waals surface area contributed by atoms with Crippen LogP contribution in [0.25, 0.3) is 0 Å². The number of esters is 2. The van der Waals surface area contributed by atoms with Crippen LogP contribution >= 0.6 is 22.6 Å². The van der Waals surface area contributed by atoms with Crippen LogP contribution in [0.4, 0.5) is 0 Å². The summed E-state index contributed by atoms with van der Waals surface area (Å²) >= 11 is 2.59. The Bertz CT molecular complexity index is 1250. The van der Waals surface area contributed by atoms with E-state index in [2.05, 4.69) is 56.4 Å². The first-order chi connectivity index (χ1) is 17.1. The second kappa shape index (κ2) is 7.09. The van der Waals surface area contributed by atoms with Crippen LogP contribution in [0.3, 0.4) is 0 Å². The monoisotopic (exact) mass is 622 g/mol. The maximum atomic E-state index is 13.4. The number of carbonyl (C=O) groups is 3. The van der Waals surface area contributed by atoms with Crippen LogP contribution in [0.15, 0.2) is 35.2 Å². The molecule has 2 saturated carbocycles. The number of fused-ring (bicyclic) bond motifs is 3. The summed E-state index contributed by atoms with van der Waals surface area (Å²) in [5, 5.41) is 0. The highest BCUT2D eigenvalue weighted by molar-refractivity contribution is 14.1.